The van der Waals surface area contributed by atoms with Gasteiger partial charge in [-0.3, -0.25) is 4.90 Å². The van der Waals surface area contributed by atoms with Crippen molar-refractivity contribution in [1.82, 2.24) is 10.2 Å². The smallest absolute Gasteiger partial charge is 0.336 e. The number of hydrogen-bond acceptors (Lipinski definition) is 5. The first-order chi connectivity index (χ1) is 14.7. The van der Waals surface area contributed by atoms with Gasteiger partial charge in [-0.25, -0.2) is 4.79 Å². The summed E-state index contributed by atoms with van der Waals surface area (Å²) in [6.45, 7) is 10.3. The van der Waals surface area contributed by atoms with E-state index in [9.17, 15) is 4.79 Å². The monoisotopic (exact) mass is 418 g/mol. The van der Waals surface area contributed by atoms with E-state index in [4.69, 9.17) is 9.15 Å². The fourth-order valence-electron chi connectivity index (χ4n) is 5.57. The molecule has 0 spiro atoms. The van der Waals surface area contributed by atoms with Gasteiger partial charge in [0.15, 0.2) is 0 Å². The van der Waals surface area contributed by atoms with E-state index in [1.807, 2.05) is 42.5 Å². The molecule has 2 aromatic carbocycles. The number of fused-ring (bicyclic) bond motifs is 3. The lowest BCUT2D eigenvalue weighted by Crippen LogP contribution is -2.62. The normalized spacial score (nSPS) is 20.9. The van der Waals surface area contributed by atoms with Gasteiger partial charge >= 0.3 is 5.63 Å². The lowest BCUT2D eigenvalue weighted by atomic mass is 9.79. The van der Waals surface area contributed by atoms with Crippen molar-refractivity contribution in [3.63, 3.8) is 0 Å². The Morgan fingerprint density at radius 2 is 1.71 bits per heavy atom. The van der Waals surface area contributed by atoms with Crippen molar-refractivity contribution in [1.29, 1.82) is 0 Å². The summed E-state index contributed by atoms with van der Waals surface area (Å²) < 4.78 is 11.9. The standard InChI is InChI=1S/C26H30N2O3/c1-25(2)13-18(14-26(3,4)27-25)28-15-21-22(30-16-28)11-10-19-20(12-23(29)31-24(19)21)17-8-6-5-7-9-17/h5-12,18,27H,13-16H2,1-4H3. The van der Waals surface area contributed by atoms with Crippen LogP contribution in [0.25, 0.3) is 22.1 Å². The maximum absolute atomic E-state index is 12.5. The topological polar surface area (TPSA) is 54.7 Å². The maximum atomic E-state index is 12.5. The summed E-state index contributed by atoms with van der Waals surface area (Å²) >= 11 is 0. The van der Waals surface area contributed by atoms with E-state index in [0.29, 0.717) is 24.9 Å². The molecule has 31 heavy (non-hydrogen) atoms. The average Bonchev–Trinajstić information content (AvgIpc) is 2.71. The number of rotatable bonds is 2. The van der Waals surface area contributed by atoms with Crippen LogP contribution in [0, 0.1) is 0 Å². The summed E-state index contributed by atoms with van der Waals surface area (Å²) in [6.07, 6.45) is 2.08. The molecule has 2 aliphatic heterocycles. The second-order valence-electron chi connectivity index (χ2n) is 10.2. The number of ether oxygens (including phenoxy) is 1. The Balaban J connectivity index is 1.57. The van der Waals surface area contributed by atoms with Gasteiger partial charge in [-0.2, -0.15) is 0 Å². The quantitative estimate of drug-likeness (QED) is 0.599. The highest BCUT2D eigenvalue weighted by molar-refractivity contribution is 5.95. The minimum absolute atomic E-state index is 0.0541. The number of nitrogens with one attached hydrogen (secondary N) is 1. The van der Waals surface area contributed by atoms with E-state index in [1.165, 1.54) is 0 Å². The van der Waals surface area contributed by atoms with Crippen molar-refractivity contribution in [2.24, 2.45) is 0 Å². The molecule has 1 N–H and O–H groups in total. The molecule has 5 nitrogen and oxygen atoms in total. The molecule has 0 radical (unpaired) electrons. The van der Waals surface area contributed by atoms with Crippen LogP contribution < -0.4 is 15.7 Å². The Hall–Kier alpha value is -2.63. The molecule has 1 aromatic heterocycles. The van der Waals surface area contributed by atoms with Crippen LogP contribution in [0.5, 0.6) is 5.75 Å². The number of hydrogen-bond donors (Lipinski definition) is 1. The summed E-state index contributed by atoms with van der Waals surface area (Å²) in [4.78, 5) is 14.9. The third kappa shape index (κ3) is 3.88. The van der Waals surface area contributed by atoms with Crippen molar-refractivity contribution in [3.05, 3.63) is 64.5 Å². The second-order valence-corrected chi connectivity index (χ2v) is 10.2. The van der Waals surface area contributed by atoms with E-state index in [2.05, 4.69) is 37.9 Å². The molecular formula is C26H30N2O3. The van der Waals surface area contributed by atoms with E-state index in [0.717, 1.165) is 40.7 Å². The molecule has 0 bridgehead atoms. The molecule has 1 saturated heterocycles. The largest absolute Gasteiger partial charge is 0.478 e. The highest BCUT2D eigenvalue weighted by Crippen LogP contribution is 2.39. The summed E-state index contributed by atoms with van der Waals surface area (Å²) in [6, 6.07) is 16.0. The van der Waals surface area contributed by atoms with Crippen LogP contribution in [0.4, 0.5) is 0 Å². The Labute approximate surface area is 183 Å². The molecular weight excluding hydrogens is 388 g/mol. The van der Waals surface area contributed by atoms with Crippen molar-refractivity contribution < 1.29 is 9.15 Å². The zero-order valence-electron chi connectivity index (χ0n) is 18.7. The van der Waals surface area contributed by atoms with Crippen LogP contribution in [-0.2, 0) is 6.54 Å². The Morgan fingerprint density at radius 1 is 1.00 bits per heavy atom. The molecule has 3 aromatic rings. The molecule has 0 unspecified atom stereocenters. The summed E-state index contributed by atoms with van der Waals surface area (Å²) in [5, 5.41) is 4.70. The lowest BCUT2D eigenvalue weighted by Gasteiger charge is -2.50. The van der Waals surface area contributed by atoms with Crippen molar-refractivity contribution in [2.45, 2.75) is 64.2 Å². The van der Waals surface area contributed by atoms with E-state index < -0.39 is 0 Å². The maximum Gasteiger partial charge on any atom is 0.336 e. The predicted molar refractivity (Wildman–Crippen MR) is 123 cm³/mol. The zero-order chi connectivity index (χ0) is 21.8. The molecule has 3 heterocycles. The number of benzene rings is 2. The Kier molecular flexibility index (Phi) is 4.72. The van der Waals surface area contributed by atoms with Gasteiger partial charge < -0.3 is 14.5 Å². The van der Waals surface area contributed by atoms with Crippen molar-refractivity contribution in [3.8, 4) is 16.9 Å². The minimum atomic E-state index is -0.332. The van der Waals surface area contributed by atoms with Gasteiger partial charge in [0.2, 0.25) is 0 Å². The molecule has 5 heteroatoms. The zero-order valence-corrected chi connectivity index (χ0v) is 18.7. The van der Waals surface area contributed by atoms with Crippen molar-refractivity contribution in [2.75, 3.05) is 6.73 Å². The third-order valence-corrected chi connectivity index (χ3v) is 6.49. The van der Waals surface area contributed by atoms with Crippen molar-refractivity contribution >= 4 is 11.0 Å². The van der Waals surface area contributed by atoms with Gasteiger partial charge in [-0.05, 0) is 63.8 Å². The molecule has 162 valence electrons. The molecule has 0 saturated carbocycles. The third-order valence-electron chi connectivity index (χ3n) is 6.49. The summed E-state index contributed by atoms with van der Waals surface area (Å²) in [5.41, 5.74) is 3.29. The molecule has 0 amide bonds. The highest BCUT2D eigenvalue weighted by atomic mass is 16.5. The van der Waals surface area contributed by atoms with Gasteiger partial charge in [0.05, 0.1) is 5.56 Å². The van der Waals surface area contributed by atoms with Gasteiger partial charge in [-0.1, -0.05) is 30.3 Å². The fraction of sp³-hybridized carbons (Fsp3) is 0.423. The fourth-order valence-corrected chi connectivity index (χ4v) is 5.57. The predicted octanol–water partition coefficient (Wildman–Crippen LogP) is 4.92. The van der Waals surface area contributed by atoms with Crippen LogP contribution in [0.1, 0.15) is 46.1 Å². The Bertz CT molecular complexity index is 1160. The van der Waals surface area contributed by atoms with Crippen LogP contribution in [-0.4, -0.2) is 28.8 Å². The molecule has 2 aliphatic rings. The van der Waals surface area contributed by atoms with E-state index >= 15 is 0 Å². The molecule has 5 rings (SSSR count). The number of piperidine rings is 1. The second kappa shape index (κ2) is 7.21. The highest BCUT2D eigenvalue weighted by Gasteiger charge is 2.41. The first-order valence-corrected chi connectivity index (χ1v) is 11.0. The van der Waals surface area contributed by atoms with Gasteiger partial charge in [0, 0.05) is 35.1 Å². The SMILES string of the molecule is CC1(C)CC(N2COc3ccc4c(-c5ccccc5)cc(=O)oc4c3C2)CC(C)(C)N1. The first kappa shape index (κ1) is 20.3. The van der Waals surface area contributed by atoms with E-state index in [1.54, 1.807) is 6.07 Å². The minimum Gasteiger partial charge on any atom is -0.478 e. The molecule has 1 fully saturated rings. The van der Waals surface area contributed by atoms with Crippen LogP contribution >= 0.6 is 0 Å². The van der Waals surface area contributed by atoms with Crippen LogP contribution in [0.15, 0.2) is 57.7 Å². The summed E-state index contributed by atoms with van der Waals surface area (Å²) in [7, 11) is 0. The average molecular weight is 419 g/mol. The van der Waals surface area contributed by atoms with E-state index in [-0.39, 0.29) is 16.7 Å². The number of nitrogens with zero attached hydrogens (tertiary/aromatic N) is 1. The van der Waals surface area contributed by atoms with Crippen LogP contribution in [0.2, 0.25) is 0 Å². The summed E-state index contributed by atoms with van der Waals surface area (Å²) in [5.74, 6) is 0.810. The molecule has 0 atom stereocenters. The Morgan fingerprint density at radius 3 is 2.42 bits per heavy atom. The van der Waals surface area contributed by atoms with Crippen LogP contribution in [0.3, 0.4) is 0 Å². The lowest BCUT2D eigenvalue weighted by molar-refractivity contribution is 0.00316. The molecule has 0 aliphatic carbocycles. The van der Waals surface area contributed by atoms with Gasteiger partial charge in [0.25, 0.3) is 0 Å². The first-order valence-electron chi connectivity index (χ1n) is 11.0. The van der Waals surface area contributed by atoms with Gasteiger partial charge in [-0.15, -0.1) is 0 Å². The van der Waals surface area contributed by atoms with Gasteiger partial charge in [0.1, 0.15) is 18.1 Å².